The molecule has 5 nitrogen and oxygen atoms in total. The summed E-state index contributed by atoms with van der Waals surface area (Å²) in [5.74, 6) is 0.647. The van der Waals surface area contributed by atoms with E-state index < -0.39 is 5.60 Å². The van der Waals surface area contributed by atoms with Crippen molar-refractivity contribution < 1.29 is 14.3 Å². The van der Waals surface area contributed by atoms with Gasteiger partial charge >= 0.3 is 6.09 Å². The minimum absolute atomic E-state index is 0.178. The highest BCUT2D eigenvalue weighted by Gasteiger charge is 2.26. The molecule has 1 heterocycles. The fraction of sp³-hybridized carbons (Fsp3) is 0.938. The fourth-order valence-electron chi connectivity index (χ4n) is 2.41. The predicted molar refractivity (Wildman–Crippen MR) is 84.5 cm³/mol. The summed E-state index contributed by atoms with van der Waals surface area (Å²) in [6.07, 6.45) is 2.95. The molecule has 0 spiro atoms. The van der Waals surface area contributed by atoms with Gasteiger partial charge in [-0.1, -0.05) is 0 Å². The first-order chi connectivity index (χ1) is 9.81. The summed E-state index contributed by atoms with van der Waals surface area (Å²) in [4.78, 5) is 13.8. The maximum atomic E-state index is 12.0. The lowest BCUT2D eigenvalue weighted by Gasteiger charge is -2.34. The average Bonchev–Trinajstić information content (AvgIpc) is 2.41. The van der Waals surface area contributed by atoms with E-state index in [0.717, 1.165) is 45.5 Å². The normalized spacial score (nSPS) is 18.6. The molecule has 1 aliphatic rings. The van der Waals surface area contributed by atoms with E-state index in [1.807, 2.05) is 25.7 Å². The van der Waals surface area contributed by atoms with E-state index in [0.29, 0.717) is 12.0 Å². The van der Waals surface area contributed by atoms with Crippen LogP contribution >= 0.6 is 0 Å². The lowest BCUT2D eigenvalue weighted by molar-refractivity contribution is 0.0183. The molecule has 124 valence electrons. The van der Waals surface area contributed by atoms with Crippen LogP contribution < -0.4 is 5.32 Å². The van der Waals surface area contributed by atoms with E-state index in [1.165, 1.54) is 0 Å². The molecular weight excluding hydrogens is 268 g/mol. The van der Waals surface area contributed by atoms with Gasteiger partial charge in [0.25, 0.3) is 0 Å². The molecule has 5 heteroatoms. The Morgan fingerprint density at radius 2 is 1.95 bits per heavy atom. The zero-order valence-electron chi connectivity index (χ0n) is 14.3. The number of ether oxygens (including phenoxy) is 2. The molecule has 0 radical (unpaired) electrons. The van der Waals surface area contributed by atoms with E-state index in [2.05, 4.69) is 12.2 Å². The molecule has 1 saturated heterocycles. The molecule has 0 saturated carbocycles. The number of nitrogens with zero attached hydrogens (tertiary/aromatic N) is 1. The number of methoxy groups -OCH3 is 1. The second-order valence-corrected chi connectivity index (χ2v) is 7.00. The van der Waals surface area contributed by atoms with Gasteiger partial charge in [-0.15, -0.1) is 0 Å². The van der Waals surface area contributed by atoms with Gasteiger partial charge in [0.05, 0.1) is 0 Å². The number of piperidine rings is 1. The third-order valence-corrected chi connectivity index (χ3v) is 3.78. The van der Waals surface area contributed by atoms with Crippen LogP contribution in [0.5, 0.6) is 0 Å². The van der Waals surface area contributed by atoms with Gasteiger partial charge in [-0.3, -0.25) is 0 Å². The molecule has 0 bridgehead atoms. The molecule has 1 atom stereocenters. The molecule has 0 aromatic heterocycles. The third kappa shape index (κ3) is 7.67. The quantitative estimate of drug-likeness (QED) is 0.819. The molecule has 0 aromatic carbocycles. The Labute approximate surface area is 129 Å². The summed E-state index contributed by atoms with van der Waals surface area (Å²) >= 11 is 0. The van der Waals surface area contributed by atoms with Crippen molar-refractivity contribution in [2.45, 2.75) is 58.6 Å². The summed E-state index contributed by atoms with van der Waals surface area (Å²) in [6.45, 7) is 11.3. The highest BCUT2D eigenvalue weighted by atomic mass is 16.6. The Kier molecular flexibility index (Phi) is 7.46. The maximum absolute atomic E-state index is 12.0. The number of hydrogen-bond acceptors (Lipinski definition) is 4. The van der Waals surface area contributed by atoms with Gasteiger partial charge in [0.1, 0.15) is 5.60 Å². The zero-order valence-corrected chi connectivity index (χ0v) is 14.3. The number of carbonyl (C=O) groups excluding carboxylic acids is 1. The van der Waals surface area contributed by atoms with Crippen LogP contribution in [0.25, 0.3) is 0 Å². The number of hydrogen-bond donors (Lipinski definition) is 1. The maximum Gasteiger partial charge on any atom is 0.410 e. The fourth-order valence-corrected chi connectivity index (χ4v) is 2.41. The van der Waals surface area contributed by atoms with Crippen LogP contribution in [0, 0.1) is 5.92 Å². The second kappa shape index (κ2) is 8.59. The first-order valence-corrected chi connectivity index (χ1v) is 8.02. The van der Waals surface area contributed by atoms with Crippen molar-refractivity contribution >= 4 is 6.09 Å². The summed E-state index contributed by atoms with van der Waals surface area (Å²) in [7, 11) is 1.74. The largest absolute Gasteiger partial charge is 0.444 e. The van der Waals surface area contributed by atoms with E-state index in [4.69, 9.17) is 9.47 Å². The van der Waals surface area contributed by atoms with Crippen LogP contribution in [0.4, 0.5) is 4.79 Å². The molecule has 1 N–H and O–H groups in total. The summed E-state index contributed by atoms with van der Waals surface area (Å²) in [6, 6.07) is 0.480. The Hall–Kier alpha value is -0.810. The number of likely N-dealkylation sites (tertiary alicyclic amines) is 1. The smallest absolute Gasteiger partial charge is 0.410 e. The standard InChI is InChI=1S/C16H32N2O3/c1-13(8-11-20-5)17-12-14-6-9-18(10-7-14)15(19)21-16(2,3)4/h13-14,17H,6-12H2,1-5H3. The molecule has 21 heavy (non-hydrogen) atoms. The summed E-state index contributed by atoms with van der Waals surface area (Å²) in [5.41, 5.74) is -0.410. The van der Waals surface area contributed by atoms with Crippen LogP contribution in [0.3, 0.4) is 0 Å². The van der Waals surface area contributed by atoms with Gasteiger partial charge < -0.3 is 19.7 Å². The molecule has 1 fully saturated rings. The Morgan fingerprint density at radius 3 is 2.48 bits per heavy atom. The molecule has 1 amide bonds. The van der Waals surface area contributed by atoms with E-state index >= 15 is 0 Å². The number of nitrogens with one attached hydrogen (secondary N) is 1. The number of amides is 1. The van der Waals surface area contributed by atoms with Crippen LogP contribution in [0.1, 0.15) is 47.0 Å². The summed E-state index contributed by atoms with van der Waals surface area (Å²) in [5, 5.41) is 3.55. The SMILES string of the molecule is COCCC(C)NCC1CCN(C(=O)OC(C)(C)C)CC1. The first-order valence-electron chi connectivity index (χ1n) is 8.02. The van der Waals surface area contributed by atoms with Gasteiger partial charge in [-0.05, 0) is 59.4 Å². The van der Waals surface area contributed by atoms with Crippen molar-refractivity contribution in [3.8, 4) is 0 Å². The molecule has 1 unspecified atom stereocenters. The predicted octanol–water partition coefficient (Wildman–Crippen LogP) is 2.65. The Bertz CT molecular complexity index is 307. The van der Waals surface area contributed by atoms with Gasteiger partial charge in [0.2, 0.25) is 0 Å². The van der Waals surface area contributed by atoms with Crippen molar-refractivity contribution in [3.63, 3.8) is 0 Å². The third-order valence-electron chi connectivity index (χ3n) is 3.78. The minimum Gasteiger partial charge on any atom is -0.444 e. The van der Waals surface area contributed by atoms with E-state index in [1.54, 1.807) is 7.11 Å². The number of carbonyl (C=O) groups is 1. The highest BCUT2D eigenvalue weighted by Crippen LogP contribution is 2.19. The van der Waals surface area contributed by atoms with Gasteiger partial charge in [-0.2, -0.15) is 0 Å². The lowest BCUT2D eigenvalue weighted by atomic mass is 9.96. The average molecular weight is 300 g/mol. The van der Waals surface area contributed by atoms with Gasteiger partial charge in [-0.25, -0.2) is 4.79 Å². The van der Waals surface area contributed by atoms with Crippen molar-refractivity contribution in [1.82, 2.24) is 10.2 Å². The molecule has 0 aromatic rings. The Morgan fingerprint density at radius 1 is 1.33 bits per heavy atom. The van der Waals surface area contributed by atoms with Crippen LogP contribution in [0.2, 0.25) is 0 Å². The van der Waals surface area contributed by atoms with Crippen LogP contribution in [-0.2, 0) is 9.47 Å². The van der Waals surface area contributed by atoms with Crippen molar-refractivity contribution in [1.29, 1.82) is 0 Å². The zero-order chi connectivity index (χ0) is 15.9. The summed E-state index contributed by atoms with van der Waals surface area (Å²) < 4.78 is 10.5. The minimum atomic E-state index is -0.410. The van der Waals surface area contributed by atoms with Crippen molar-refractivity contribution in [2.75, 3.05) is 33.4 Å². The van der Waals surface area contributed by atoms with Crippen molar-refractivity contribution in [2.24, 2.45) is 5.92 Å². The molecule has 1 rings (SSSR count). The van der Waals surface area contributed by atoms with Crippen LogP contribution in [-0.4, -0.2) is 56.0 Å². The van der Waals surface area contributed by atoms with E-state index in [-0.39, 0.29) is 6.09 Å². The van der Waals surface area contributed by atoms with Gasteiger partial charge in [0.15, 0.2) is 0 Å². The molecular formula is C16H32N2O3. The van der Waals surface area contributed by atoms with E-state index in [9.17, 15) is 4.79 Å². The topological polar surface area (TPSA) is 50.8 Å². The Balaban J connectivity index is 2.21. The van der Waals surface area contributed by atoms with Crippen molar-refractivity contribution in [3.05, 3.63) is 0 Å². The second-order valence-electron chi connectivity index (χ2n) is 7.00. The van der Waals surface area contributed by atoms with Crippen LogP contribution in [0.15, 0.2) is 0 Å². The lowest BCUT2D eigenvalue weighted by Crippen LogP contribution is -2.44. The first kappa shape index (κ1) is 18.2. The highest BCUT2D eigenvalue weighted by molar-refractivity contribution is 5.68. The monoisotopic (exact) mass is 300 g/mol. The van der Waals surface area contributed by atoms with Gasteiger partial charge in [0, 0.05) is 32.8 Å². The number of rotatable bonds is 6. The molecule has 0 aliphatic carbocycles. The molecule has 1 aliphatic heterocycles.